The monoisotopic (exact) mass is 892 g/mol. The van der Waals surface area contributed by atoms with Crippen LogP contribution in [0.15, 0.2) is 291 Å². The zero-order valence-corrected chi connectivity index (χ0v) is 38.6. The molecule has 0 aliphatic rings. The summed E-state index contributed by atoms with van der Waals surface area (Å²) in [4.78, 5) is 4.70. The zero-order valence-electron chi connectivity index (χ0n) is 38.6. The highest BCUT2D eigenvalue weighted by Crippen LogP contribution is 2.41. The van der Waals surface area contributed by atoms with Crippen molar-refractivity contribution in [3.63, 3.8) is 0 Å². The van der Waals surface area contributed by atoms with E-state index in [0.29, 0.717) is 0 Å². The van der Waals surface area contributed by atoms with Gasteiger partial charge in [-0.1, -0.05) is 212 Å². The first kappa shape index (κ1) is 42.1. The van der Waals surface area contributed by atoms with E-state index in [1.807, 2.05) is 0 Å². The smallest absolute Gasteiger partial charge is 0.0468 e. The van der Waals surface area contributed by atoms with E-state index in [1.54, 1.807) is 0 Å². The lowest BCUT2D eigenvalue weighted by molar-refractivity contribution is 1.28. The Bertz CT molecular complexity index is 3520. The molecule has 0 atom stereocenters. The molecule has 12 aromatic carbocycles. The molecule has 70 heavy (non-hydrogen) atoms. The number of anilines is 6. The van der Waals surface area contributed by atoms with Gasteiger partial charge >= 0.3 is 0 Å². The van der Waals surface area contributed by atoms with Gasteiger partial charge < -0.3 is 9.80 Å². The molecule has 0 heterocycles. The Morgan fingerprint density at radius 2 is 0.386 bits per heavy atom. The molecule has 330 valence electrons. The minimum Gasteiger partial charge on any atom is -0.311 e. The summed E-state index contributed by atoms with van der Waals surface area (Å²) in [6, 6.07) is 105. The molecule has 0 aromatic heterocycles. The first-order valence-corrected chi connectivity index (χ1v) is 24.0. The van der Waals surface area contributed by atoms with Gasteiger partial charge in [-0.05, 0) is 156 Å². The summed E-state index contributed by atoms with van der Waals surface area (Å²) >= 11 is 0. The topological polar surface area (TPSA) is 6.48 Å². The fourth-order valence-electron chi connectivity index (χ4n) is 9.81. The Morgan fingerprint density at radius 1 is 0.157 bits per heavy atom. The SMILES string of the molecule is c1ccc(-c2ccc(N(c3ccc(-c4ccccc4)cc3)c3ccc(-c4ccc5c(ccc6cc(N(c7ccc(-c8ccccc8)cc7)c7ccc(-c8ccccc8)cc7)ccc65)c4)cc3)cc2)cc1. The van der Waals surface area contributed by atoms with Crippen LogP contribution in [0.5, 0.6) is 0 Å². The molecule has 2 heteroatoms. The molecule has 12 aromatic rings. The van der Waals surface area contributed by atoms with Gasteiger partial charge in [-0.3, -0.25) is 0 Å². The Hall–Kier alpha value is -9.24. The third-order valence-electron chi connectivity index (χ3n) is 13.5. The lowest BCUT2D eigenvalue weighted by Crippen LogP contribution is -2.09. The predicted molar refractivity (Wildman–Crippen MR) is 298 cm³/mol. The predicted octanol–water partition coefficient (Wildman–Crippen LogP) is 19.3. The highest BCUT2D eigenvalue weighted by atomic mass is 15.1. The first-order chi connectivity index (χ1) is 34.7. The van der Waals surface area contributed by atoms with Crippen molar-refractivity contribution < 1.29 is 0 Å². The van der Waals surface area contributed by atoms with Crippen LogP contribution < -0.4 is 9.80 Å². The normalized spacial score (nSPS) is 11.1. The van der Waals surface area contributed by atoms with Crippen LogP contribution in [0, 0.1) is 0 Å². The van der Waals surface area contributed by atoms with Gasteiger partial charge in [0.15, 0.2) is 0 Å². The van der Waals surface area contributed by atoms with Crippen LogP contribution in [-0.4, -0.2) is 0 Å². The lowest BCUT2D eigenvalue weighted by Gasteiger charge is -2.26. The highest BCUT2D eigenvalue weighted by molar-refractivity contribution is 6.09. The molecule has 0 aliphatic carbocycles. The molecular weight excluding hydrogens is 845 g/mol. The second kappa shape index (κ2) is 18.8. The van der Waals surface area contributed by atoms with E-state index in [4.69, 9.17) is 0 Å². The van der Waals surface area contributed by atoms with Gasteiger partial charge in [-0.15, -0.1) is 0 Å². The molecular formula is C68H48N2. The van der Waals surface area contributed by atoms with Crippen LogP contribution in [0.3, 0.4) is 0 Å². The molecule has 0 bridgehead atoms. The summed E-state index contributed by atoms with van der Waals surface area (Å²) in [6.45, 7) is 0. The van der Waals surface area contributed by atoms with Crippen LogP contribution in [0.1, 0.15) is 0 Å². The third-order valence-corrected chi connectivity index (χ3v) is 13.5. The van der Waals surface area contributed by atoms with Crippen molar-refractivity contribution in [3.8, 4) is 55.6 Å². The van der Waals surface area contributed by atoms with Gasteiger partial charge in [-0.25, -0.2) is 0 Å². The lowest BCUT2D eigenvalue weighted by atomic mass is 9.96. The average molecular weight is 893 g/mol. The standard InChI is InChI=1S/C68H48N2/c1-5-13-49(14-6-1)53-23-34-61(35-24-53)69(62-36-25-54(26-37-62)50-15-7-2-8-16-50)63-42-31-57(32-43-63)58-33-45-67-59(47-58)21-22-60-48-66(44-46-68(60)67)70(64-38-27-55(28-39-64)51-17-9-3-10-18-51)65-40-29-56(30-41-65)52-19-11-4-12-20-52/h1-48H. The van der Waals surface area contributed by atoms with E-state index in [-0.39, 0.29) is 0 Å². The van der Waals surface area contributed by atoms with Crippen LogP contribution in [-0.2, 0) is 0 Å². The van der Waals surface area contributed by atoms with Gasteiger partial charge in [0.05, 0.1) is 0 Å². The highest BCUT2D eigenvalue weighted by Gasteiger charge is 2.17. The molecule has 0 saturated heterocycles. The Kier molecular flexibility index (Phi) is 11.3. The van der Waals surface area contributed by atoms with Gasteiger partial charge in [0.25, 0.3) is 0 Å². The van der Waals surface area contributed by atoms with E-state index in [1.165, 1.54) is 77.2 Å². The third kappa shape index (κ3) is 8.51. The number of nitrogens with zero attached hydrogens (tertiary/aromatic N) is 2. The van der Waals surface area contributed by atoms with Gasteiger partial charge in [0, 0.05) is 34.1 Å². The number of benzene rings is 12. The maximum absolute atomic E-state index is 2.36. The van der Waals surface area contributed by atoms with Crippen LogP contribution in [0.2, 0.25) is 0 Å². The summed E-state index contributed by atoms with van der Waals surface area (Å²) < 4.78 is 0. The maximum Gasteiger partial charge on any atom is 0.0468 e. The molecule has 0 saturated carbocycles. The average Bonchev–Trinajstić information content (AvgIpc) is 3.45. The Labute approximate surface area is 410 Å². The fraction of sp³-hybridized carbons (Fsp3) is 0. The molecule has 0 amide bonds. The fourth-order valence-corrected chi connectivity index (χ4v) is 9.81. The number of rotatable bonds is 11. The molecule has 0 aliphatic heterocycles. The van der Waals surface area contributed by atoms with E-state index in [0.717, 1.165) is 34.1 Å². The van der Waals surface area contributed by atoms with Crippen molar-refractivity contribution in [1.82, 2.24) is 0 Å². The molecule has 0 spiro atoms. The van der Waals surface area contributed by atoms with Crippen molar-refractivity contribution in [2.75, 3.05) is 9.80 Å². The van der Waals surface area contributed by atoms with Crippen molar-refractivity contribution >= 4 is 55.7 Å². The van der Waals surface area contributed by atoms with Crippen LogP contribution in [0.25, 0.3) is 77.2 Å². The number of hydrogen-bond donors (Lipinski definition) is 0. The van der Waals surface area contributed by atoms with Crippen molar-refractivity contribution in [2.45, 2.75) is 0 Å². The molecule has 0 N–H and O–H groups in total. The maximum atomic E-state index is 2.36. The second-order valence-electron chi connectivity index (χ2n) is 17.8. The quantitative estimate of drug-likeness (QED) is 0.119. The van der Waals surface area contributed by atoms with Crippen LogP contribution in [0.4, 0.5) is 34.1 Å². The van der Waals surface area contributed by atoms with Crippen LogP contribution >= 0.6 is 0 Å². The van der Waals surface area contributed by atoms with E-state index in [9.17, 15) is 0 Å². The molecule has 0 fully saturated rings. The van der Waals surface area contributed by atoms with E-state index in [2.05, 4.69) is 301 Å². The second-order valence-corrected chi connectivity index (χ2v) is 17.8. The molecule has 12 rings (SSSR count). The zero-order chi connectivity index (χ0) is 46.6. The number of hydrogen-bond acceptors (Lipinski definition) is 2. The van der Waals surface area contributed by atoms with E-state index < -0.39 is 0 Å². The minimum atomic E-state index is 1.10. The van der Waals surface area contributed by atoms with E-state index >= 15 is 0 Å². The summed E-state index contributed by atoms with van der Waals surface area (Å²) in [6.07, 6.45) is 0. The first-order valence-electron chi connectivity index (χ1n) is 24.0. The molecule has 2 nitrogen and oxygen atoms in total. The van der Waals surface area contributed by atoms with Gasteiger partial charge in [0.2, 0.25) is 0 Å². The van der Waals surface area contributed by atoms with Crippen molar-refractivity contribution in [3.05, 3.63) is 291 Å². The van der Waals surface area contributed by atoms with Gasteiger partial charge in [0.1, 0.15) is 0 Å². The minimum absolute atomic E-state index is 1.10. The Morgan fingerprint density at radius 3 is 0.714 bits per heavy atom. The summed E-state index contributed by atoms with van der Waals surface area (Å²) in [5.41, 5.74) is 18.6. The molecule has 0 unspecified atom stereocenters. The Balaban J connectivity index is 0.858. The summed E-state index contributed by atoms with van der Waals surface area (Å²) in [5.74, 6) is 0. The summed E-state index contributed by atoms with van der Waals surface area (Å²) in [7, 11) is 0. The van der Waals surface area contributed by atoms with Gasteiger partial charge in [-0.2, -0.15) is 0 Å². The van der Waals surface area contributed by atoms with Crippen molar-refractivity contribution in [1.29, 1.82) is 0 Å². The number of fused-ring (bicyclic) bond motifs is 3. The van der Waals surface area contributed by atoms with Crippen molar-refractivity contribution in [2.24, 2.45) is 0 Å². The molecule has 0 radical (unpaired) electrons. The summed E-state index contributed by atoms with van der Waals surface area (Å²) in [5, 5.41) is 4.88. The largest absolute Gasteiger partial charge is 0.311 e.